The van der Waals surface area contributed by atoms with Crippen LogP contribution in [0.1, 0.15) is 15.9 Å². The molecule has 2 heteroatoms. The van der Waals surface area contributed by atoms with E-state index in [2.05, 4.69) is 6.07 Å². The van der Waals surface area contributed by atoms with Crippen LogP contribution in [0.25, 0.3) is 11.1 Å². The molecule has 16 heavy (non-hydrogen) atoms. The summed E-state index contributed by atoms with van der Waals surface area (Å²) in [6.07, 6.45) is 0. The van der Waals surface area contributed by atoms with Crippen LogP contribution in [-0.2, 0) is 0 Å². The van der Waals surface area contributed by atoms with Crippen molar-refractivity contribution >= 4 is 5.97 Å². The van der Waals surface area contributed by atoms with Crippen molar-refractivity contribution in [2.24, 2.45) is 0 Å². The molecule has 0 amide bonds. The number of carboxylic acid groups (broad SMARTS) is 1. The number of aryl methyl sites for hydroxylation is 1. The van der Waals surface area contributed by atoms with E-state index in [-0.39, 0.29) is 0 Å². The first kappa shape index (κ1) is 10.4. The molecule has 0 aliphatic rings. The summed E-state index contributed by atoms with van der Waals surface area (Å²) in [5.74, 6) is -0.885. The molecular formula is C14H11O2. The number of carbonyl (C=O) groups is 1. The number of aromatic carboxylic acids is 1. The summed E-state index contributed by atoms with van der Waals surface area (Å²) in [4.78, 5) is 10.9. The van der Waals surface area contributed by atoms with E-state index < -0.39 is 5.97 Å². The Bertz CT molecular complexity index is 516. The van der Waals surface area contributed by atoms with E-state index in [1.807, 2.05) is 36.4 Å². The number of benzene rings is 2. The van der Waals surface area contributed by atoms with Gasteiger partial charge in [0, 0.05) is 0 Å². The molecule has 2 aromatic carbocycles. The zero-order valence-electron chi connectivity index (χ0n) is 8.90. The van der Waals surface area contributed by atoms with E-state index in [9.17, 15) is 4.79 Å². The third-order valence-corrected chi connectivity index (χ3v) is 2.50. The van der Waals surface area contributed by atoms with Crippen LogP contribution in [0.2, 0.25) is 0 Å². The van der Waals surface area contributed by atoms with Crippen molar-refractivity contribution in [2.45, 2.75) is 6.92 Å². The Balaban J connectivity index is 2.46. The van der Waals surface area contributed by atoms with Gasteiger partial charge in [-0.05, 0) is 41.8 Å². The third-order valence-electron chi connectivity index (χ3n) is 2.50. The summed E-state index contributed by atoms with van der Waals surface area (Å²) in [5, 5.41) is 8.92. The van der Waals surface area contributed by atoms with Gasteiger partial charge in [0.25, 0.3) is 0 Å². The Kier molecular flexibility index (Phi) is 2.73. The highest BCUT2D eigenvalue weighted by Gasteiger charge is 2.07. The molecule has 0 aliphatic carbocycles. The Hall–Kier alpha value is -2.09. The van der Waals surface area contributed by atoms with Gasteiger partial charge in [0.2, 0.25) is 0 Å². The molecule has 1 N–H and O–H groups in total. The van der Waals surface area contributed by atoms with Gasteiger partial charge < -0.3 is 5.11 Å². The monoisotopic (exact) mass is 211 g/mol. The van der Waals surface area contributed by atoms with Gasteiger partial charge in [-0.2, -0.15) is 0 Å². The molecular weight excluding hydrogens is 200 g/mol. The van der Waals surface area contributed by atoms with Crippen molar-refractivity contribution in [3.05, 3.63) is 59.7 Å². The second-order valence-electron chi connectivity index (χ2n) is 3.63. The average molecular weight is 211 g/mol. The summed E-state index contributed by atoms with van der Waals surface area (Å²) in [6.45, 7) is 1.81. The predicted octanol–water partition coefficient (Wildman–Crippen LogP) is 3.16. The lowest BCUT2D eigenvalue weighted by Gasteiger charge is -2.05. The fourth-order valence-electron chi connectivity index (χ4n) is 1.66. The summed E-state index contributed by atoms with van der Waals surface area (Å²) < 4.78 is 0. The highest BCUT2D eigenvalue weighted by Crippen LogP contribution is 2.21. The first-order valence-electron chi connectivity index (χ1n) is 4.99. The topological polar surface area (TPSA) is 37.3 Å². The number of hydrogen-bond donors (Lipinski definition) is 1. The van der Waals surface area contributed by atoms with Crippen LogP contribution in [0, 0.1) is 13.0 Å². The molecule has 0 aliphatic heterocycles. The largest absolute Gasteiger partial charge is 0.478 e. The van der Waals surface area contributed by atoms with Crippen LogP contribution < -0.4 is 0 Å². The second-order valence-corrected chi connectivity index (χ2v) is 3.63. The van der Waals surface area contributed by atoms with Gasteiger partial charge in [-0.25, -0.2) is 4.79 Å². The zero-order valence-corrected chi connectivity index (χ0v) is 8.90. The van der Waals surface area contributed by atoms with Crippen molar-refractivity contribution in [3.63, 3.8) is 0 Å². The first-order chi connectivity index (χ1) is 7.68. The Morgan fingerprint density at radius 1 is 1.25 bits per heavy atom. The maximum atomic E-state index is 10.9. The van der Waals surface area contributed by atoms with Crippen molar-refractivity contribution in [1.82, 2.24) is 0 Å². The van der Waals surface area contributed by atoms with E-state index in [0.717, 1.165) is 16.7 Å². The van der Waals surface area contributed by atoms with Gasteiger partial charge in [0.15, 0.2) is 0 Å². The first-order valence-corrected chi connectivity index (χ1v) is 4.99. The molecule has 0 bridgehead atoms. The van der Waals surface area contributed by atoms with Crippen LogP contribution >= 0.6 is 0 Å². The van der Waals surface area contributed by atoms with Crippen LogP contribution in [0.15, 0.2) is 42.5 Å². The van der Waals surface area contributed by atoms with Crippen molar-refractivity contribution in [3.8, 4) is 11.1 Å². The lowest BCUT2D eigenvalue weighted by Crippen LogP contribution is -1.99. The predicted molar refractivity (Wildman–Crippen MR) is 62.4 cm³/mol. The molecule has 0 saturated heterocycles. The fraction of sp³-hybridized carbons (Fsp3) is 0.0714. The Labute approximate surface area is 94.2 Å². The van der Waals surface area contributed by atoms with E-state index in [0.29, 0.717) is 5.56 Å². The summed E-state index contributed by atoms with van der Waals surface area (Å²) in [6, 6.07) is 15.9. The van der Waals surface area contributed by atoms with E-state index in [4.69, 9.17) is 5.11 Å². The van der Waals surface area contributed by atoms with Crippen LogP contribution in [0.4, 0.5) is 0 Å². The maximum Gasteiger partial charge on any atom is 0.335 e. The summed E-state index contributed by atoms with van der Waals surface area (Å²) in [7, 11) is 0. The normalized spacial score (nSPS) is 10.1. The van der Waals surface area contributed by atoms with Gasteiger partial charge in [-0.1, -0.05) is 30.3 Å². The SMILES string of the molecule is Cc1cc(-c2c[c]ccc2)ccc1C(=O)O. The van der Waals surface area contributed by atoms with Crippen LogP contribution in [0.5, 0.6) is 0 Å². The van der Waals surface area contributed by atoms with Gasteiger partial charge in [-0.15, -0.1) is 0 Å². The second kappa shape index (κ2) is 4.19. The molecule has 0 unspecified atom stereocenters. The van der Waals surface area contributed by atoms with Crippen molar-refractivity contribution in [2.75, 3.05) is 0 Å². The third kappa shape index (κ3) is 1.96. The van der Waals surface area contributed by atoms with E-state index in [1.165, 1.54) is 0 Å². The fourth-order valence-corrected chi connectivity index (χ4v) is 1.66. The molecule has 0 atom stereocenters. The number of carboxylic acids is 1. The minimum atomic E-state index is -0.885. The van der Waals surface area contributed by atoms with E-state index in [1.54, 1.807) is 13.0 Å². The lowest BCUT2D eigenvalue weighted by atomic mass is 10.00. The lowest BCUT2D eigenvalue weighted by molar-refractivity contribution is 0.0696. The van der Waals surface area contributed by atoms with Gasteiger partial charge in [-0.3, -0.25) is 0 Å². The average Bonchev–Trinajstić information content (AvgIpc) is 2.29. The Morgan fingerprint density at radius 2 is 2.06 bits per heavy atom. The molecule has 2 nitrogen and oxygen atoms in total. The Morgan fingerprint density at radius 3 is 2.62 bits per heavy atom. The molecule has 0 spiro atoms. The molecule has 0 heterocycles. The smallest absolute Gasteiger partial charge is 0.335 e. The van der Waals surface area contributed by atoms with E-state index >= 15 is 0 Å². The molecule has 2 aromatic rings. The van der Waals surface area contributed by atoms with Crippen LogP contribution in [-0.4, -0.2) is 11.1 Å². The van der Waals surface area contributed by atoms with Crippen molar-refractivity contribution < 1.29 is 9.90 Å². The summed E-state index contributed by atoms with van der Waals surface area (Å²) in [5.41, 5.74) is 3.18. The zero-order chi connectivity index (χ0) is 11.5. The molecule has 0 fully saturated rings. The highest BCUT2D eigenvalue weighted by atomic mass is 16.4. The molecule has 0 saturated carbocycles. The minimum absolute atomic E-state index is 0.351. The molecule has 2 rings (SSSR count). The maximum absolute atomic E-state index is 10.9. The molecule has 1 radical (unpaired) electrons. The minimum Gasteiger partial charge on any atom is -0.478 e. The quantitative estimate of drug-likeness (QED) is 0.828. The van der Waals surface area contributed by atoms with Gasteiger partial charge in [0.1, 0.15) is 0 Å². The molecule has 0 aromatic heterocycles. The van der Waals surface area contributed by atoms with Gasteiger partial charge >= 0.3 is 5.97 Å². The molecule has 79 valence electrons. The highest BCUT2D eigenvalue weighted by molar-refractivity contribution is 5.90. The van der Waals surface area contributed by atoms with Crippen LogP contribution in [0.3, 0.4) is 0 Å². The van der Waals surface area contributed by atoms with Gasteiger partial charge in [0.05, 0.1) is 5.56 Å². The summed E-state index contributed by atoms with van der Waals surface area (Å²) >= 11 is 0. The standard InChI is InChI=1S/C14H11O2/c1-10-9-12(7-8-13(10)14(15)16)11-5-3-2-4-6-11/h2-3,5-9H,1H3,(H,15,16). The van der Waals surface area contributed by atoms with Crippen molar-refractivity contribution in [1.29, 1.82) is 0 Å². The number of rotatable bonds is 2. The number of hydrogen-bond acceptors (Lipinski definition) is 1.